The van der Waals surface area contributed by atoms with Gasteiger partial charge in [0.25, 0.3) is 11.8 Å². The molecule has 0 aliphatic carbocycles. The number of aliphatic imine (C=N–C) groups is 1. The number of fused-ring (bicyclic) bond motifs is 1. The fourth-order valence-corrected chi connectivity index (χ4v) is 2.30. The van der Waals surface area contributed by atoms with E-state index in [0.29, 0.717) is 23.6 Å². The summed E-state index contributed by atoms with van der Waals surface area (Å²) in [4.78, 5) is 30.1. The second kappa shape index (κ2) is 8.85. The zero-order valence-corrected chi connectivity index (χ0v) is 16.0. The lowest BCUT2D eigenvalue weighted by Crippen LogP contribution is -2.41. The SMILES string of the molecule is CCNC(=NCCN1C(=O)c2ccccc2C1=O)NC(C)C.I. The summed E-state index contributed by atoms with van der Waals surface area (Å²) in [5.41, 5.74) is 0.951. The number of nitrogens with zero attached hydrogens (tertiary/aromatic N) is 2. The van der Waals surface area contributed by atoms with Gasteiger partial charge >= 0.3 is 0 Å². The predicted molar refractivity (Wildman–Crippen MR) is 101 cm³/mol. The summed E-state index contributed by atoms with van der Waals surface area (Å²) in [6.07, 6.45) is 0. The molecule has 0 fully saturated rings. The van der Waals surface area contributed by atoms with Crippen LogP contribution in [0.1, 0.15) is 41.5 Å². The van der Waals surface area contributed by atoms with Gasteiger partial charge < -0.3 is 10.6 Å². The molecule has 1 aromatic carbocycles. The van der Waals surface area contributed by atoms with Crippen molar-refractivity contribution in [2.45, 2.75) is 26.8 Å². The topological polar surface area (TPSA) is 73.8 Å². The number of halogens is 1. The van der Waals surface area contributed by atoms with Gasteiger partial charge in [0, 0.05) is 19.1 Å². The van der Waals surface area contributed by atoms with Gasteiger partial charge in [-0.25, -0.2) is 0 Å². The molecule has 0 saturated carbocycles. The minimum absolute atomic E-state index is 0. The Kier molecular flexibility index (Phi) is 7.47. The summed E-state index contributed by atoms with van der Waals surface area (Å²) in [5, 5.41) is 6.33. The molecule has 0 bridgehead atoms. The Balaban J connectivity index is 0.00000264. The third-order valence-electron chi connectivity index (χ3n) is 3.24. The number of carbonyl (C=O) groups excluding carboxylic acids is 2. The monoisotopic (exact) mass is 430 g/mol. The maximum Gasteiger partial charge on any atom is 0.261 e. The highest BCUT2D eigenvalue weighted by Gasteiger charge is 2.34. The maximum absolute atomic E-state index is 12.2. The standard InChI is InChI=1S/C16H22N4O2.HI/c1-4-17-16(19-11(2)3)18-9-10-20-14(21)12-7-5-6-8-13(12)15(20)22;/h5-8,11H,4,9-10H2,1-3H3,(H2,17,18,19);1H. The largest absolute Gasteiger partial charge is 0.357 e. The minimum Gasteiger partial charge on any atom is -0.357 e. The van der Waals surface area contributed by atoms with Crippen molar-refractivity contribution in [3.63, 3.8) is 0 Å². The quantitative estimate of drug-likeness (QED) is 0.324. The maximum atomic E-state index is 12.2. The average Bonchev–Trinajstić information content (AvgIpc) is 2.72. The first kappa shape index (κ1) is 19.4. The highest BCUT2D eigenvalue weighted by molar-refractivity contribution is 14.0. The Labute approximate surface area is 153 Å². The van der Waals surface area contributed by atoms with E-state index in [-0.39, 0.29) is 48.4 Å². The first-order chi connectivity index (χ1) is 10.5. The molecule has 0 aromatic heterocycles. The van der Waals surface area contributed by atoms with E-state index in [0.717, 1.165) is 6.54 Å². The van der Waals surface area contributed by atoms with Crippen LogP contribution in [-0.4, -0.2) is 48.3 Å². The zero-order chi connectivity index (χ0) is 16.1. The van der Waals surface area contributed by atoms with Crippen molar-refractivity contribution in [1.82, 2.24) is 15.5 Å². The summed E-state index contributed by atoms with van der Waals surface area (Å²) in [5.74, 6) is 0.212. The van der Waals surface area contributed by atoms with E-state index in [1.54, 1.807) is 24.3 Å². The lowest BCUT2D eigenvalue weighted by atomic mass is 10.1. The van der Waals surface area contributed by atoms with Gasteiger partial charge in [-0.3, -0.25) is 19.5 Å². The molecule has 126 valence electrons. The Morgan fingerprint density at radius 1 is 1.17 bits per heavy atom. The molecule has 7 heteroatoms. The molecule has 1 aliphatic heterocycles. The molecule has 1 aliphatic rings. The van der Waals surface area contributed by atoms with E-state index in [2.05, 4.69) is 15.6 Å². The molecule has 0 atom stereocenters. The van der Waals surface area contributed by atoms with E-state index in [1.165, 1.54) is 4.90 Å². The van der Waals surface area contributed by atoms with Crippen LogP contribution in [-0.2, 0) is 0 Å². The van der Waals surface area contributed by atoms with Gasteiger partial charge in [0.05, 0.1) is 17.7 Å². The van der Waals surface area contributed by atoms with Crippen LogP contribution in [0.4, 0.5) is 0 Å². The molecular formula is C16H23IN4O2. The normalized spacial score (nSPS) is 13.9. The van der Waals surface area contributed by atoms with E-state index >= 15 is 0 Å². The van der Waals surface area contributed by atoms with Gasteiger partial charge in [-0.2, -0.15) is 0 Å². The first-order valence-electron chi connectivity index (χ1n) is 7.54. The molecule has 0 radical (unpaired) electrons. The van der Waals surface area contributed by atoms with Crippen LogP contribution in [0.3, 0.4) is 0 Å². The molecule has 2 amide bonds. The van der Waals surface area contributed by atoms with Gasteiger partial charge in [-0.15, -0.1) is 24.0 Å². The highest BCUT2D eigenvalue weighted by Crippen LogP contribution is 2.21. The number of guanidine groups is 1. The van der Waals surface area contributed by atoms with Gasteiger partial charge in [0.15, 0.2) is 5.96 Å². The molecule has 1 aromatic rings. The molecular weight excluding hydrogens is 407 g/mol. The fourth-order valence-electron chi connectivity index (χ4n) is 2.30. The van der Waals surface area contributed by atoms with Gasteiger partial charge in [-0.1, -0.05) is 12.1 Å². The van der Waals surface area contributed by atoms with Crippen LogP contribution in [0.2, 0.25) is 0 Å². The Bertz CT molecular complexity index is 566. The van der Waals surface area contributed by atoms with Gasteiger partial charge in [-0.05, 0) is 32.9 Å². The van der Waals surface area contributed by atoms with Crippen LogP contribution in [0.5, 0.6) is 0 Å². The van der Waals surface area contributed by atoms with Crippen LogP contribution in [0.15, 0.2) is 29.3 Å². The minimum atomic E-state index is -0.238. The molecule has 0 spiro atoms. The summed E-state index contributed by atoms with van der Waals surface area (Å²) in [6.45, 7) is 7.44. The number of hydrogen-bond acceptors (Lipinski definition) is 3. The molecule has 23 heavy (non-hydrogen) atoms. The molecule has 1 heterocycles. The van der Waals surface area contributed by atoms with E-state index in [4.69, 9.17) is 0 Å². The van der Waals surface area contributed by atoms with Crippen LogP contribution < -0.4 is 10.6 Å². The van der Waals surface area contributed by atoms with E-state index in [9.17, 15) is 9.59 Å². The number of nitrogens with one attached hydrogen (secondary N) is 2. The number of carbonyl (C=O) groups is 2. The van der Waals surface area contributed by atoms with E-state index in [1.807, 2.05) is 20.8 Å². The van der Waals surface area contributed by atoms with Crippen molar-refractivity contribution in [3.8, 4) is 0 Å². The number of rotatable bonds is 5. The zero-order valence-electron chi connectivity index (χ0n) is 13.6. The Morgan fingerprint density at radius 2 is 1.74 bits per heavy atom. The number of imide groups is 1. The number of amides is 2. The van der Waals surface area contributed by atoms with Crippen LogP contribution in [0.25, 0.3) is 0 Å². The van der Waals surface area contributed by atoms with Gasteiger partial charge in [0.2, 0.25) is 0 Å². The summed E-state index contributed by atoms with van der Waals surface area (Å²) in [6, 6.07) is 7.16. The second-order valence-corrected chi connectivity index (χ2v) is 5.37. The van der Waals surface area contributed by atoms with Crippen molar-refractivity contribution in [3.05, 3.63) is 35.4 Å². The average molecular weight is 430 g/mol. The second-order valence-electron chi connectivity index (χ2n) is 5.37. The summed E-state index contributed by atoms with van der Waals surface area (Å²) in [7, 11) is 0. The molecule has 0 unspecified atom stereocenters. The van der Waals surface area contributed by atoms with Crippen molar-refractivity contribution in [2.75, 3.05) is 19.6 Å². The van der Waals surface area contributed by atoms with Crippen molar-refractivity contribution in [1.29, 1.82) is 0 Å². The number of benzene rings is 1. The Morgan fingerprint density at radius 3 is 2.22 bits per heavy atom. The highest BCUT2D eigenvalue weighted by atomic mass is 127. The Hall–Kier alpha value is -1.64. The molecule has 6 nitrogen and oxygen atoms in total. The van der Waals surface area contributed by atoms with Crippen LogP contribution >= 0.6 is 24.0 Å². The first-order valence-corrected chi connectivity index (χ1v) is 7.54. The lowest BCUT2D eigenvalue weighted by molar-refractivity contribution is 0.0659. The third kappa shape index (κ3) is 4.66. The lowest BCUT2D eigenvalue weighted by Gasteiger charge is -2.15. The van der Waals surface area contributed by atoms with E-state index < -0.39 is 0 Å². The smallest absolute Gasteiger partial charge is 0.261 e. The van der Waals surface area contributed by atoms with Gasteiger partial charge in [0.1, 0.15) is 0 Å². The van der Waals surface area contributed by atoms with Crippen molar-refractivity contribution >= 4 is 41.8 Å². The van der Waals surface area contributed by atoms with Crippen molar-refractivity contribution in [2.24, 2.45) is 4.99 Å². The van der Waals surface area contributed by atoms with Crippen LogP contribution in [0, 0.1) is 0 Å². The summed E-state index contributed by atoms with van der Waals surface area (Å²) >= 11 is 0. The van der Waals surface area contributed by atoms with Crippen molar-refractivity contribution < 1.29 is 9.59 Å². The molecule has 2 N–H and O–H groups in total. The number of hydrogen-bond donors (Lipinski definition) is 2. The molecule has 0 saturated heterocycles. The molecule has 2 rings (SSSR count). The fraction of sp³-hybridized carbons (Fsp3) is 0.438. The summed E-state index contributed by atoms with van der Waals surface area (Å²) < 4.78 is 0. The predicted octanol–water partition coefficient (Wildman–Crippen LogP) is 1.86. The third-order valence-corrected chi connectivity index (χ3v) is 3.24.